The highest BCUT2D eigenvalue weighted by Crippen LogP contribution is 2.47. The van der Waals surface area contributed by atoms with E-state index in [1.54, 1.807) is 0 Å². The minimum atomic E-state index is 1.31. The molecule has 0 spiro atoms. The Balaban J connectivity index is 1.85. The van der Waals surface area contributed by atoms with Crippen LogP contribution in [0.5, 0.6) is 0 Å². The Kier molecular flexibility index (Phi) is 2.29. The number of nitrogens with zero attached hydrogens (tertiary/aromatic N) is 2. The van der Waals surface area contributed by atoms with Gasteiger partial charge in [-0.15, -0.1) is 22.7 Å². The maximum absolute atomic E-state index is 2.30. The van der Waals surface area contributed by atoms with Gasteiger partial charge in [-0.25, -0.2) is 0 Å². The monoisotopic (exact) mass is 346 g/mol. The molecule has 0 aliphatic heterocycles. The summed E-state index contributed by atoms with van der Waals surface area (Å²) in [6.07, 6.45) is 4.31. The molecule has 2 aromatic carbocycles. The molecule has 0 amide bonds. The van der Waals surface area contributed by atoms with Crippen LogP contribution in [0, 0.1) is 0 Å². The summed E-state index contributed by atoms with van der Waals surface area (Å²) in [4.78, 5) is 0. The number of benzene rings is 2. The SMILES string of the molecule is Cn1ccc2c3sc4c5ccc6c(ccn6C)c5sc4c3ccc21. The summed E-state index contributed by atoms with van der Waals surface area (Å²) < 4.78 is 10.1. The predicted octanol–water partition coefficient (Wildman–Crippen LogP) is 6.25. The van der Waals surface area contributed by atoms with Crippen molar-refractivity contribution in [3.63, 3.8) is 0 Å². The first-order valence-corrected chi connectivity index (χ1v) is 9.62. The fraction of sp³-hybridized carbons (Fsp3) is 0.100. The molecule has 0 N–H and O–H groups in total. The Hall–Kier alpha value is -2.30. The minimum absolute atomic E-state index is 1.31. The molecule has 0 atom stereocenters. The molecule has 24 heavy (non-hydrogen) atoms. The molecule has 4 heteroatoms. The van der Waals surface area contributed by atoms with E-state index in [1.807, 2.05) is 22.7 Å². The fourth-order valence-electron chi connectivity index (χ4n) is 3.88. The van der Waals surface area contributed by atoms with Crippen molar-refractivity contribution in [2.45, 2.75) is 0 Å². The smallest absolute Gasteiger partial charge is 0.0542 e. The summed E-state index contributed by atoms with van der Waals surface area (Å²) in [6.45, 7) is 0. The molecule has 6 aromatic rings. The highest BCUT2D eigenvalue weighted by molar-refractivity contribution is 7.37. The van der Waals surface area contributed by atoms with E-state index in [0.29, 0.717) is 0 Å². The van der Waals surface area contributed by atoms with Crippen LogP contribution in [-0.4, -0.2) is 9.13 Å². The van der Waals surface area contributed by atoms with Gasteiger partial charge in [-0.3, -0.25) is 0 Å². The molecule has 0 bridgehead atoms. The molecule has 0 fully saturated rings. The summed E-state index contributed by atoms with van der Waals surface area (Å²) in [7, 11) is 4.23. The van der Waals surface area contributed by atoms with Crippen LogP contribution in [0.4, 0.5) is 0 Å². The second-order valence-electron chi connectivity index (χ2n) is 6.47. The summed E-state index contributed by atoms with van der Waals surface area (Å²) in [5.74, 6) is 0. The van der Waals surface area contributed by atoms with Crippen molar-refractivity contribution in [1.29, 1.82) is 0 Å². The standard InChI is InChI=1S/C20H14N2S2/c1-21-9-7-11-15(21)5-3-13-17(11)23-20-14-4-6-16-12(8-10-22(16)2)18(14)24-19(13)20/h3-10H,1-2H3. The van der Waals surface area contributed by atoms with Gasteiger partial charge in [0.05, 0.1) is 9.40 Å². The largest absolute Gasteiger partial charge is 0.351 e. The van der Waals surface area contributed by atoms with E-state index in [9.17, 15) is 0 Å². The maximum Gasteiger partial charge on any atom is 0.0542 e. The van der Waals surface area contributed by atoms with E-state index in [0.717, 1.165) is 0 Å². The van der Waals surface area contributed by atoms with Gasteiger partial charge in [-0.05, 0) is 36.4 Å². The molecule has 0 saturated carbocycles. The first-order chi connectivity index (χ1) is 11.7. The van der Waals surface area contributed by atoms with Crippen molar-refractivity contribution in [1.82, 2.24) is 9.13 Å². The number of hydrogen-bond acceptors (Lipinski definition) is 2. The van der Waals surface area contributed by atoms with Gasteiger partial charge in [0.1, 0.15) is 0 Å². The van der Waals surface area contributed by atoms with Crippen molar-refractivity contribution in [2.24, 2.45) is 14.1 Å². The van der Waals surface area contributed by atoms with Crippen LogP contribution in [0.2, 0.25) is 0 Å². The topological polar surface area (TPSA) is 9.86 Å². The second kappa shape index (κ2) is 4.21. The number of aromatic nitrogens is 2. The molecule has 0 saturated heterocycles. The molecule has 4 heterocycles. The quantitative estimate of drug-likeness (QED) is 0.307. The van der Waals surface area contributed by atoms with E-state index >= 15 is 0 Å². The number of fused-ring (bicyclic) bond motifs is 9. The van der Waals surface area contributed by atoms with E-state index in [2.05, 4.69) is 72.0 Å². The molecule has 0 unspecified atom stereocenters. The second-order valence-corrected chi connectivity index (χ2v) is 8.51. The van der Waals surface area contributed by atoms with Gasteiger partial charge in [0, 0.05) is 68.5 Å². The number of hydrogen-bond donors (Lipinski definition) is 0. The van der Waals surface area contributed by atoms with Crippen molar-refractivity contribution >= 4 is 74.1 Å². The zero-order chi connectivity index (χ0) is 16.0. The Morgan fingerprint density at radius 3 is 1.46 bits per heavy atom. The van der Waals surface area contributed by atoms with Gasteiger partial charge in [-0.2, -0.15) is 0 Å². The Labute approximate surface area is 146 Å². The summed E-state index contributed by atoms with van der Waals surface area (Å²) in [6, 6.07) is 13.6. The lowest BCUT2D eigenvalue weighted by molar-refractivity contribution is 0.970. The van der Waals surface area contributed by atoms with E-state index in [4.69, 9.17) is 0 Å². The van der Waals surface area contributed by atoms with Crippen molar-refractivity contribution in [2.75, 3.05) is 0 Å². The predicted molar refractivity (Wildman–Crippen MR) is 108 cm³/mol. The third-order valence-electron chi connectivity index (χ3n) is 5.14. The van der Waals surface area contributed by atoms with Gasteiger partial charge in [0.15, 0.2) is 0 Å². The zero-order valence-corrected chi connectivity index (χ0v) is 15.0. The van der Waals surface area contributed by atoms with Gasteiger partial charge in [-0.1, -0.05) is 0 Å². The van der Waals surface area contributed by atoms with E-state index < -0.39 is 0 Å². The Bertz CT molecular complexity index is 1310. The molecule has 0 radical (unpaired) electrons. The lowest BCUT2D eigenvalue weighted by Gasteiger charge is -1.98. The lowest BCUT2D eigenvalue weighted by Crippen LogP contribution is -1.82. The van der Waals surface area contributed by atoms with Crippen molar-refractivity contribution < 1.29 is 0 Å². The van der Waals surface area contributed by atoms with Crippen molar-refractivity contribution in [3.8, 4) is 0 Å². The van der Waals surface area contributed by atoms with Crippen LogP contribution >= 0.6 is 22.7 Å². The fourth-order valence-corrected chi connectivity index (χ4v) is 6.76. The average Bonchev–Trinajstić information content (AvgIpc) is 3.30. The highest BCUT2D eigenvalue weighted by atomic mass is 32.1. The maximum atomic E-state index is 2.30. The molecule has 0 aliphatic carbocycles. The van der Waals surface area contributed by atoms with Gasteiger partial charge in [0.2, 0.25) is 0 Å². The summed E-state index contributed by atoms with van der Waals surface area (Å²) in [5, 5.41) is 5.55. The third-order valence-corrected chi connectivity index (χ3v) is 7.81. The Morgan fingerprint density at radius 1 is 0.542 bits per heavy atom. The van der Waals surface area contributed by atoms with Gasteiger partial charge >= 0.3 is 0 Å². The highest BCUT2D eigenvalue weighted by Gasteiger charge is 2.16. The van der Waals surface area contributed by atoms with Crippen LogP contribution in [0.15, 0.2) is 48.8 Å². The first-order valence-electron chi connectivity index (χ1n) is 7.99. The third kappa shape index (κ3) is 1.42. The molecule has 2 nitrogen and oxygen atoms in total. The lowest BCUT2D eigenvalue weighted by atomic mass is 10.1. The Morgan fingerprint density at radius 2 is 1.00 bits per heavy atom. The first kappa shape index (κ1) is 13.0. The van der Waals surface area contributed by atoms with Crippen molar-refractivity contribution in [3.05, 3.63) is 48.8 Å². The summed E-state index contributed by atoms with van der Waals surface area (Å²) >= 11 is 3.89. The molecular formula is C20H14N2S2. The van der Waals surface area contributed by atoms with Gasteiger partial charge < -0.3 is 9.13 Å². The number of thiophene rings is 2. The average molecular weight is 346 g/mol. The molecule has 0 aliphatic rings. The molecule has 6 rings (SSSR count). The number of aryl methyl sites for hydroxylation is 2. The number of rotatable bonds is 0. The normalized spacial score (nSPS) is 12.6. The molecule has 116 valence electrons. The minimum Gasteiger partial charge on any atom is -0.351 e. The van der Waals surface area contributed by atoms with Crippen LogP contribution in [0.1, 0.15) is 0 Å². The van der Waals surface area contributed by atoms with E-state index in [-0.39, 0.29) is 0 Å². The van der Waals surface area contributed by atoms with E-state index in [1.165, 1.54) is 51.4 Å². The van der Waals surface area contributed by atoms with Crippen LogP contribution in [0.3, 0.4) is 0 Å². The molecule has 4 aromatic heterocycles. The van der Waals surface area contributed by atoms with Crippen LogP contribution < -0.4 is 0 Å². The van der Waals surface area contributed by atoms with Gasteiger partial charge in [0.25, 0.3) is 0 Å². The van der Waals surface area contributed by atoms with Crippen LogP contribution in [-0.2, 0) is 14.1 Å². The molecular weight excluding hydrogens is 332 g/mol. The zero-order valence-electron chi connectivity index (χ0n) is 13.3. The summed E-state index contributed by atoms with van der Waals surface area (Å²) in [5.41, 5.74) is 2.62. The van der Waals surface area contributed by atoms with Crippen LogP contribution in [0.25, 0.3) is 51.4 Å².